The Morgan fingerprint density at radius 1 is 1.60 bits per heavy atom. The molecule has 0 unspecified atom stereocenters. The number of nitrogens with one attached hydrogen (secondary N) is 1. The van der Waals surface area contributed by atoms with Crippen molar-refractivity contribution >= 4 is 17.5 Å². The number of nitrogens with zero attached hydrogens (tertiary/aromatic N) is 1. The van der Waals surface area contributed by atoms with Crippen molar-refractivity contribution in [1.29, 1.82) is 0 Å². The Balaban J connectivity index is 2.85. The molecule has 0 bridgehead atoms. The summed E-state index contributed by atoms with van der Waals surface area (Å²) in [6, 6.07) is 2.50. The molecular formula is C8H9F2N3O2. The van der Waals surface area contributed by atoms with Crippen LogP contribution >= 0.6 is 0 Å². The highest BCUT2D eigenvalue weighted by Gasteiger charge is 2.09. The molecule has 0 fully saturated rings. The van der Waals surface area contributed by atoms with Crippen LogP contribution in [0.4, 0.5) is 20.3 Å². The Labute approximate surface area is 83.9 Å². The van der Waals surface area contributed by atoms with Gasteiger partial charge in [0.25, 0.3) is 6.43 Å². The number of pyridine rings is 1. The third-order valence-corrected chi connectivity index (χ3v) is 1.57. The minimum Gasteiger partial charge on any atom is -0.477 e. The summed E-state index contributed by atoms with van der Waals surface area (Å²) in [6.07, 6.45) is -2.56. The van der Waals surface area contributed by atoms with Crippen LogP contribution in [0.25, 0.3) is 0 Å². The van der Waals surface area contributed by atoms with Crippen molar-refractivity contribution in [3.05, 3.63) is 17.8 Å². The lowest BCUT2D eigenvalue weighted by Crippen LogP contribution is -2.14. The van der Waals surface area contributed by atoms with Crippen molar-refractivity contribution in [2.45, 2.75) is 6.43 Å². The fraction of sp³-hybridized carbons (Fsp3) is 0.250. The van der Waals surface area contributed by atoms with E-state index in [9.17, 15) is 13.6 Å². The lowest BCUT2D eigenvalue weighted by atomic mass is 10.3. The molecule has 1 aromatic rings. The second-order valence-electron chi connectivity index (χ2n) is 2.71. The van der Waals surface area contributed by atoms with Gasteiger partial charge in [-0.2, -0.15) is 0 Å². The molecule has 0 amide bonds. The molecule has 1 heterocycles. The van der Waals surface area contributed by atoms with Crippen LogP contribution in [0.2, 0.25) is 0 Å². The minimum atomic E-state index is -2.56. The Hall–Kier alpha value is -1.92. The summed E-state index contributed by atoms with van der Waals surface area (Å²) in [5.74, 6) is -1.29. The number of halogens is 2. The van der Waals surface area contributed by atoms with Gasteiger partial charge in [-0.1, -0.05) is 0 Å². The Morgan fingerprint density at radius 3 is 2.80 bits per heavy atom. The van der Waals surface area contributed by atoms with Gasteiger partial charge in [-0.05, 0) is 12.1 Å². The first-order valence-corrected chi connectivity index (χ1v) is 4.02. The van der Waals surface area contributed by atoms with Crippen molar-refractivity contribution in [3.8, 4) is 0 Å². The average Bonchev–Trinajstić information content (AvgIpc) is 2.16. The molecule has 5 nitrogen and oxygen atoms in total. The molecule has 0 aliphatic heterocycles. The van der Waals surface area contributed by atoms with Crippen LogP contribution in [0.15, 0.2) is 12.1 Å². The van der Waals surface area contributed by atoms with Crippen LogP contribution in [0.3, 0.4) is 0 Å². The van der Waals surface area contributed by atoms with Gasteiger partial charge in [0.05, 0.1) is 12.2 Å². The smallest absolute Gasteiger partial charge is 0.354 e. The Bertz CT molecular complexity index is 371. The highest BCUT2D eigenvalue weighted by molar-refractivity contribution is 5.86. The van der Waals surface area contributed by atoms with Gasteiger partial charge in [0.1, 0.15) is 5.82 Å². The first-order valence-electron chi connectivity index (χ1n) is 4.02. The first-order chi connectivity index (χ1) is 7.00. The SMILES string of the molecule is Nc1ccc(C(=O)O)nc1NCC(F)F. The summed E-state index contributed by atoms with van der Waals surface area (Å²) >= 11 is 0. The molecule has 0 atom stereocenters. The van der Waals surface area contributed by atoms with Gasteiger partial charge in [0, 0.05) is 0 Å². The van der Waals surface area contributed by atoms with Gasteiger partial charge in [-0.3, -0.25) is 0 Å². The molecule has 1 rings (SSSR count). The number of aromatic carboxylic acids is 1. The fourth-order valence-corrected chi connectivity index (χ4v) is 0.904. The number of aromatic nitrogens is 1. The normalized spacial score (nSPS) is 10.3. The van der Waals surface area contributed by atoms with Crippen molar-refractivity contribution < 1.29 is 18.7 Å². The second-order valence-corrected chi connectivity index (χ2v) is 2.71. The van der Waals surface area contributed by atoms with Crippen LogP contribution in [-0.4, -0.2) is 29.0 Å². The molecule has 0 saturated carbocycles. The van der Waals surface area contributed by atoms with E-state index in [1.54, 1.807) is 0 Å². The Morgan fingerprint density at radius 2 is 2.27 bits per heavy atom. The van der Waals surface area contributed by atoms with Gasteiger partial charge in [0.15, 0.2) is 5.69 Å². The maximum Gasteiger partial charge on any atom is 0.354 e. The number of nitrogen functional groups attached to an aromatic ring is 1. The zero-order valence-electron chi connectivity index (χ0n) is 7.58. The van der Waals surface area contributed by atoms with E-state index in [0.717, 1.165) is 0 Å². The standard InChI is InChI=1S/C8H9F2N3O2/c9-6(10)3-12-7-4(11)1-2-5(13-7)8(14)15/h1-2,6H,3,11H2,(H,12,13)(H,14,15). The van der Waals surface area contributed by atoms with Gasteiger partial charge in [-0.25, -0.2) is 18.6 Å². The molecule has 0 aliphatic carbocycles. The lowest BCUT2D eigenvalue weighted by molar-refractivity contribution is 0.0690. The molecule has 1 aromatic heterocycles. The van der Waals surface area contributed by atoms with Crippen molar-refractivity contribution in [3.63, 3.8) is 0 Å². The third-order valence-electron chi connectivity index (χ3n) is 1.57. The molecule has 15 heavy (non-hydrogen) atoms. The average molecular weight is 217 g/mol. The topological polar surface area (TPSA) is 88.2 Å². The fourth-order valence-electron chi connectivity index (χ4n) is 0.904. The summed E-state index contributed by atoms with van der Waals surface area (Å²) in [6.45, 7) is -0.625. The quantitative estimate of drug-likeness (QED) is 0.701. The summed E-state index contributed by atoms with van der Waals surface area (Å²) < 4.78 is 23.7. The maximum absolute atomic E-state index is 11.9. The molecule has 0 spiro atoms. The largest absolute Gasteiger partial charge is 0.477 e. The van der Waals surface area contributed by atoms with Crippen molar-refractivity contribution in [1.82, 2.24) is 4.98 Å². The summed E-state index contributed by atoms with van der Waals surface area (Å²) in [4.78, 5) is 14.1. The number of alkyl halides is 2. The number of rotatable bonds is 4. The van der Waals surface area contributed by atoms with E-state index in [-0.39, 0.29) is 17.2 Å². The van der Waals surface area contributed by atoms with Crippen LogP contribution < -0.4 is 11.1 Å². The number of carboxylic acid groups (broad SMARTS) is 1. The monoisotopic (exact) mass is 217 g/mol. The number of hydrogen-bond donors (Lipinski definition) is 3. The third kappa shape index (κ3) is 3.04. The van der Waals surface area contributed by atoms with Crippen molar-refractivity contribution in [2.24, 2.45) is 0 Å². The molecular weight excluding hydrogens is 208 g/mol. The van der Waals surface area contributed by atoms with E-state index in [4.69, 9.17) is 10.8 Å². The van der Waals surface area contributed by atoms with E-state index in [1.807, 2.05) is 0 Å². The number of nitrogens with two attached hydrogens (primary N) is 1. The van der Waals surface area contributed by atoms with Crippen LogP contribution in [0.5, 0.6) is 0 Å². The number of anilines is 2. The maximum atomic E-state index is 11.9. The minimum absolute atomic E-state index is 0.0461. The lowest BCUT2D eigenvalue weighted by Gasteiger charge is -2.07. The molecule has 7 heteroatoms. The van der Waals surface area contributed by atoms with Gasteiger partial charge < -0.3 is 16.2 Å². The Kier molecular flexibility index (Phi) is 3.37. The van der Waals surface area contributed by atoms with E-state index in [0.29, 0.717) is 0 Å². The highest BCUT2D eigenvalue weighted by atomic mass is 19.3. The van der Waals surface area contributed by atoms with E-state index in [1.165, 1.54) is 12.1 Å². The molecule has 82 valence electrons. The van der Waals surface area contributed by atoms with E-state index < -0.39 is 18.9 Å². The van der Waals surface area contributed by atoms with Gasteiger partial charge in [-0.15, -0.1) is 0 Å². The van der Waals surface area contributed by atoms with Crippen LogP contribution in [0.1, 0.15) is 10.5 Å². The number of carboxylic acids is 1. The zero-order valence-corrected chi connectivity index (χ0v) is 7.58. The van der Waals surface area contributed by atoms with Gasteiger partial charge >= 0.3 is 5.97 Å². The van der Waals surface area contributed by atoms with E-state index >= 15 is 0 Å². The first kappa shape index (κ1) is 11.2. The van der Waals surface area contributed by atoms with E-state index in [2.05, 4.69) is 10.3 Å². The molecule has 0 radical (unpaired) electrons. The van der Waals surface area contributed by atoms with Crippen LogP contribution in [0, 0.1) is 0 Å². The van der Waals surface area contributed by atoms with Gasteiger partial charge in [0.2, 0.25) is 0 Å². The molecule has 0 aromatic carbocycles. The second kappa shape index (κ2) is 4.54. The summed E-state index contributed by atoms with van der Waals surface area (Å²) in [5, 5.41) is 10.9. The highest BCUT2D eigenvalue weighted by Crippen LogP contribution is 2.15. The number of hydrogen-bond acceptors (Lipinski definition) is 4. The summed E-state index contributed by atoms with van der Waals surface area (Å²) in [5.41, 5.74) is 5.29. The predicted molar refractivity (Wildman–Crippen MR) is 50.1 cm³/mol. The molecule has 0 aliphatic rings. The number of carbonyl (C=O) groups is 1. The zero-order chi connectivity index (χ0) is 11.4. The molecule has 0 saturated heterocycles. The summed E-state index contributed by atoms with van der Waals surface area (Å²) in [7, 11) is 0. The predicted octanol–water partition coefficient (Wildman–Crippen LogP) is 1.04. The van der Waals surface area contributed by atoms with Crippen molar-refractivity contribution in [2.75, 3.05) is 17.6 Å². The van der Waals surface area contributed by atoms with Crippen LogP contribution in [-0.2, 0) is 0 Å². The molecule has 4 N–H and O–H groups in total.